The molecule has 110 valence electrons. The van der Waals surface area contributed by atoms with E-state index in [1.807, 2.05) is 4.90 Å². The summed E-state index contributed by atoms with van der Waals surface area (Å²) in [5.74, 6) is 0.130. The van der Waals surface area contributed by atoms with Gasteiger partial charge in [-0.15, -0.1) is 0 Å². The molecule has 4 nitrogen and oxygen atoms in total. The van der Waals surface area contributed by atoms with Crippen molar-refractivity contribution in [1.82, 2.24) is 5.32 Å². The fraction of sp³-hybridized carbons (Fsp3) is 0.562. The maximum atomic E-state index is 11.7. The normalized spacial score (nSPS) is 17.4. The summed E-state index contributed by atoms with van der Waals surface area (Å²) >= 11 is 0. The van der Waals surface area contributed by atoms with Crippen LogP contribution in [0.1, 0.15) is 25.0 Å². The maximum absolute atomic E-state index is 11.7. The van der Waals surface area contributed by atoms with E-state index >= 15 is 0 Å². The van der Waals surface area contributed by atoms with E-state index in [4.69, 9.17) is 4.74 Å². The lowest BCUT2D eigenvalue weighted by atomic mass is 10.0. The molecule has 0 fully saturated rings. The SMILES string of the molecule is COCCNCCc1ccc2c(c1)CC(C)N2C(C)=O. The van der Waals surface area contributed by atoms with Crippen molar-refractivity contribution < 1.29 is 9.53 Å². The number of hydrogen-bond acceptors (Lipinski definition) is 3. The lowest BCUT2D eigenvalue weighted by Crippen LogP contribution is -2.33. The third-order valence-electron chi connectivity index (χ3n) is 3.77. The number of ether oxygens (including phenoxy) is 1. The monoisotopic (exact) mass is 276 g/mol. The highest BCUT2D eigenvalue weighted by Crippen LogP contribution is 2.32. The molecule has 1 unspecified atom stereocenters. The topological polar surface area (TPSA) is 41.6 Å². The van der Waals surface area contributed by atoms with Crippen LogP contribution in [0.25, 0.3) is 0 Å². The summed E-state index contributed by atoms with van der Waals surface area (Å²) in [5.41, 5.74) is 3.70. The Labute approximate surface area is 121 Å². The van der Waals surface area contributed by atoms with Crippen LogP contribution in [-0.2, 0) is 22.4 Å². The number of nitrogens with zero attached hydrogens (tertiary/aromatic N) is 1. The molecule has 0 aromatic heterocycles. The second-order valence-electron chi connectivity index (χ2n) is 5.40. The van der Waals surface area contributed by atoms with E-state index in [0.717, 1.165) is 38.2 Å². The highest BCUT2D eigenvalue weighted by atomic mass is 16.5. The molecule has 1 N–H and O–H groups in total. The van der Waals surface area contributed by atoms with Crippen molar-refractivity contribution in [1.29, 1.82) is 0 Å². The van der Waals surface area contributed by atoms with Gasteiger partial charge in [0, 0.05) is 32.3 Å². The average molecular weight is 276 g/mol. The van der Waals surface area contributed by atoms with E-state index in [1.165, 1.54) is 11.1 Å². The first-order valence-electron chi connectivity index (χ1n) is 7.24. The summed E-state index contributed by atoms with van der Waals surface area (Å²) in [5, 5.41) is 3.35. The van der Waals surface area contributed by atoms with Gasteiger partial charge in [-0.25, -0.2) is 0 Å². The van der Waals surface area contributed by atoms with Gasteiger partial charge in [0.25, 0.3) is 0 Å². The Morgan fingerprint density at radius 3 is 2.95 bits per heavy atom. The predicted molar refractivity (Wildman–Crippen MR) is 81.2 cm³/mol. The zero-order valence-corrected chi connectivity index (χ0v) is 12.6. The minimum atomic E-state index is 0.130. The van der Waals surface area contributed by atoms with Gasteiger partial charge in [-0.05, 0) is 43.5 Å². The molecule has 2 rings (SSSR count). The second kappa shape index (κ2) is 6.86. The van der Waals surface area contributed by atoms with Crippen LogP contribution in [-0.4, -0.2) is 38.8 Å². The summed E-state index contributed by atoms with van der Waals surface area (Å²) in [6.45, 7) is 6.33. The van der Waals surface area contributed by atoms with E-state index in [9.17, 15) is 4.79 Å². The molecule has 4 heteroatoms. The lowest BCUT2D eigenvalue weighted by molar-refractivity contribution is -0.116. The molecule has 0 saturated heterocycles. The fourth-order valence-corrected chi connectivity index (χ4v) is 2.85. The zero-order chi connectivity index (χ0) is 14.5. The second-order valence-corrected chi connectivity index (χ2v) is 5.40. The van der Waals surface area contributed by atoms with Gasteiger partial charge in [0.15, 0.2) is 0 Å². The van der Waals surface area contributed by atoms with Crippen molar-refractivity contribution in [3.05, 3.63) is 29.3 Å². The number of amides is 1. The van der Waals surface area contributed by atoms with Crippen LogP contribution in [0.4, 0.5) is 5.69 Å². The number of carbonyl (C=O) groups is 1. The van der Waals surface area contributed by atoms with Crippen LogP contribution in [0.3, 0.4) is 0 Å². The smallest absolute Gasteiger partial charge is 0.224 e. The standard InChI is InChI=1S/C16H24N2O2/c1-12-10-15-11-14(6-7-17-8-9-20-3)4-5-16(15)18(12)13(2)19/h4-5,11-12,17H,6-10H2,1-3H3. The quantitative estimate of drug-likeness (QED) is 0.805. The zero-order valence-electron chi connectivity index (χ0n) is 12.6. The number of hydrogen-bond donors (Lipinski definition) is 1. The van der Waals surface area contributed by atoms with E-state index in [0.29, 0.717) is 0 Å². The van der Waals surface area contributed by atoms with Crippen LogP contribution in [0.15, 0.2) is 18.2 Å². The summed E-state index contributed by atoms with van der Waals surface area (Å²) in [7, 11) is 1.71. The number of rotatable bonds is 6. The minimum Gasteiger partial charge on any atom is -0.383 e. The van der Waals surface area contributed by atoms with Crippen LogP contribution >= 0.6 is 0 Å². The summed E-state index contributed by atoms with van der Waals surface area (Å²) < 4.78 is 5.00. The van der Waals surface area contributed by atoms with Crippen LogP contribution < -0.4 is 10.2 Å². The Kier molecular flexibility index (Phi) is 5.15. The highest BCUT2D eigenvalue weighted by molar-refractivity contribution is 5.94. The largest absolute Gasteiger partial charge is 0.383 e. The van der Waals surface area contributed by atoms with Gasteiger partial charge >= 0.3 is 0 Å². The van der Waals surface area contributed by atoms with Crippen LogP contribution in [0.5, 0.6) is 0 Å². The van der Waals surface area contributed by atoms with Gasteiger partial charge < -0.3 is 15.0 Å². The first-order chi connectivity index (χ1) is 9.63. The van der Waals surface area contributed by atoms with Gasteiger partial charge in [-0.1, -0.05) is 12.1 Å². The highest BCUT2D eigenvalue weighted by Gasteiger charge is 2.28. The molecular weight excluding hydrogens is 252 g/mol. The molecule has 1 amide bonds. The molecule has 1 aromatic carbocycles. The maximum Gasteiger partial charge on any atom is 0.224 e. The van der Waals surface area contributed by atoms with Crippen LogP contribution in [0, 0.1) is 0 Å². The Balaban J connectivity index is 1.96. The molecule has 20 heavy (non-hydrogen) atoms. The third-order valence-corrected chi connectivity index (χ3v) is 3.77. The number of fused-ring (bicyclic) bond motifs is 1. The number of benzene rings is 1. The Bertz CT molecular complexity index is 474. The van der Waals surface area contributed by atoms with E-state index < -0.39 is 0 Å². The molecule has 0 bridgehead atoms. The van der Waals surface area contributed by atoms with E-state index in [2.05, 4.69) is 30.4 Å². The van der Waals surface area contributed by atoms with Crippen molar-refractivity contribution in [3.8, 4) is 0 Å². The molecule has 1 aromatic rings. The lowest BCUT2D eigenvalue weighted by Gasteiger charge is -2.20. The number of carbonyl (C=O) groups excluding carboxylic acids is 1. The Morgan fingerprint density at radius 1 is 1.45 bits per heavy atom. The summed E-state index contributed by atoms with van der Waals surface area (Å²) in [6, 6.07) is 6.74. The number of nitrogens with one attached hydrogen (secondary N) is 1. The molecule has 0 aliphatic carbocycles. The molecule has 1 heterocycles. The molecule has 0 saturated carbocycles. The van der Waals surface area contributed by atoms with Crippen molar-refractivity contribution in [3.63, 3.8) is 0 Å². The van der Waals surface area contributed by atoms with Crippen molar-refractivity contribution in [2.24, 2.45) is 0 Å². The Morgan fingerprint density at radius 2 is 2.25 bits per heavy atom. The molecule has 0 spiro atoms. The van der Waals surface area contributed by atoms with Crippen LogP contribution in [0.2, 0.25) is 0 Å². The number of anilines is 1. The first-order valence-corrected chi connectivity index (χ1v) is 7.24. The summed E-state index contributed by atoms with van der Waals surface area (Å²) in [4.78, 5) is 13.6. The van der Waals surface area contributed by atoms with Crippen molar-refractivity contribution >= 4 is 11.6 Å². The average Bonchev–Trinajstić information content (AvgIpc) is 2.73. The molecule has 1 aliphatic rings. The van der Waals surface area contributed by atoms with Gasteiger partial charge in [0.2, 0.25) is 5.91 Å². The first kappa shape index (κ1) is 15.0. The van der Waals surface area contributed by atoms with Crippen molar-refractivity contribution in [2.75, 3.05) is 31.7 Å². The third kappa shape index (κ3) is 3.38. The molecule has 1 aliphatic heterocycles. The van der Waals surface area contributed by atoms with Gasteiger partial charge in [0.05, 0.1) is 6.61 Å². The molecular formula is C16H24N2O2. The fourth-order valence-electron chi connectivity index (χ4n) is 2.85. The minimum absolute atomic E-state index is 0.130. The van der Waals surface area contributed by atoms with Gasteiger partial charge in [0.1, 0.15) is 0 Å². The van der Waals surface area contributed by atoms with E-state index in [-0.39, 0.29) is 11.9 Å². The number of methoxy groups -OCH3 is 1. The van der Waals surface area contributed by atoms with Crippen molar-refractivity contribution in [2.45, 2.75) is 32.7 Å². The van der Waals surface area contributed by atoms with E-state index in [1.54, 1.807) is 14.0 Å². The van der Waals surface area contributed by atoms with Gasteiger partial charge in [-0.3, -0.25) is 4.79 Å². The molecule has 0 radical (unpaired) electrons. The van der Waals surface area contributed by atoms with Gasteiger partial charge in [-0.2, -0.15) is 0 Å². The predicted octanol–water partition coefficient (Wildman–Crippen LogP) is 1.76. The molecule has 1 atom stereocenters. The Hall–Kier alpha value is -1.39. The summed E-state index contributed by atoms with van der Waals surface area (Å²) in [6.07, 6.45) is 1.96.